The highest BCUT2D eigenvalue weighted by molar-refractivity contribution is 5.16. The molecule has 0 fully saturated rings. The molecule has 21 heavy (non-hydrogen) atoms. The predicted molar refractivity (Wildman–Crippen MR) is 77.7 cm³/mol. The summed E-state index contributed by atoms with van der Waals surface area (Å²) in [5.74, 6) is 1.26. The summed E-state index contributed by atoms with van der Waals surface area (Å²) in [6.07, 6.45) is 6.70. The molecule has 0 N–H and O–H groups in total. The van der Waals surface area contributed by atoms with Gasteiger partial charge in [-0.15, -0.1) is 0 Å². The molecular formula is C16H16N4O. The fraction of sp³-hybridized carbons (Fsp3) is 0.250. The summed E-state index contributed by atoms with van der Waals surface area (Å²) in [6, 6.07) is 10.3. The molecule has 3 aromatic rings. The molecule has 0 spiro atoms. The van der Waals surface area contributed by atoms with Crippen LogP contribution < -0.4 is 0 Å². The second-order valence-electron chi connectivity index (χ2n) is 4.89. The highest BCUT2D eigenvalue weighted by atomic mass is 16.5. The van der Waals surface area contributed by atoms with Gasteiger partial charge in [-0.25, -0.2) is 0 Å². The van der Waals surface area contributed by atoms with Crippen molar-refractivity contribution < 1.29 is 4.52 Å². The van der Waals surface area contributed by atoms with E-state index in [-0.39, 0.29) is 5.92 Å². The van der Waals surface area contributed by atoms with E-state index in [9.17, 15) is 0 Å². The molecule has 1 atom stereocenters. The first-order valence-electron chi connectivity index (χ1n) is 6.95. The third-order valence-electron chi connectivity index (χ3n) is 3.36. The third-order valence-corrected chi connectivity index (χ3v) is 3.36. The molecule has 1 unspecified atom stereocenters. The van der Waals surface area contributed by atoms with Crippen molar-refractivity contribution in [2.45, 2.75) is 25.7 Å². The van der Waals surface area contributed by atoms with E-state index in [1.807, 2.05) is 25.1 Å². The Morgan fingerprint density at radius 1 is 1.10 bits per heavy atom. The van der Waals surface area contributed by atoms with Crippen LogP contribution in [0.3, 0.4) is 0 Å². The van der Waals surface area contributed by atoms with Gasteiger partial charge in [-0.3, -0.25) is 9.97 Å². The second kappa shape index (κ2) is 6.26. The first-order chi connectivity index (χ1) is 10.3. The molecule has 5 heteroatoms. The molecule has 0 aliphatic heterocycles. The zero-order valence-electron chi connectivity index (χ0n) is 11.8. The second-order valence-corrected chi connectivity index (χ2v) is 4.89. The zero-order chi connectivity index (χ0) is 14.5. The quantitative estimate of drug-likeness (QED) is 0.719. The van der Waals surface area contributed by atoms with E-state index >= 15 is 0 Å². The first kappa shape index (κ1) is 13.4. The van der Waals surface area contributed by atoms with Crippen LogP contribution in [0.2, 0.25) is 0 Å². The van der Waals surface area contributed by atoms with Gasteiger partial charge >= 0.3 is 0 Å². The van der Waals surface area contributed by atoms with Crippen LogP contribution in [0.15, 0.2) is 53.4 Å². The van der Waals surface area contributed by atoms with Crippen LogP contribution in [-0.4, -0.2) is 20.1 Å². The molecule has 0 aliphatic carbocycles. The molecular weight excluding hydrogens is 264 g/mol. The van der Waals surface area contributed by atoms with Crippen LogP contribution >= 0.6 is 0 Å². The van der Waals surface area contributed by atoms with E-state index in [2.05, 4.69) is 32.2 Å². The van der Waals surface area contributed by atoms with Crippen LogP contribution in [0, 0.1) is 0 Å². The van der Waals surface area contributed by atoms with E-state index in [1.54, 1.807) is 18.6 Å². The van der Waals surface area contributed by atoms with Crippen molar-refractivity contribution >= 4 is 0 Å². The van der Waals surface area contributed by atoms with Crippen LogP contribution in [0.5, 0.6) is 0 Å². The molecule has 0 aliphatic rings. The first-order valence-corrected chi connectivity index (χ1v) is 6.95. The summed E-state index contributed by atoms with van der Waals surface area (Å²) >= 11 is 0. The molecule has 2 aromatic heterocycles. The lowest BCUT2D eigenvalue weighted by Gasteiger charge is -2.03. The van der Waals surface area contributed by atoms with Gasteiger partial charge in [-0.05, 0) is 18.9 Å². The van der Waals surface area contributed by atoms with Crippen LogP contribution in [0.4, 0.5) is 0 Å². The molecule has 0 saturated carbocycles. The van der Waals surface area contributed by atoms with Gasteiger partial charge in [0.2, 0.25) is 5.89 Å². The van der Waals surface area contributed by atoms with E-state index in [1.165, 1.54) is 5.56 Å². The summed E-state index contributed by atoms with van der Waals surface area (Å²) < 4.78 is 5.34. The number of hydrogen-bond acceptors (Lipinski definition) is 5. The smallest absolute Gasteiger partial charge is 0.235 e. The van der Waals surface area contributed by atoms with Crippen molar-refractivity contribution in [3.05, 3.63) is 71.9 Å². The van der Waals surface area contributed by atoms with Gasteiger partial charge in [0.25, 0.3) is 0 Å². The zero-order valence-corrected chi connectivity index (χ0v) is 11.8. The maximum absolute atomic E-state index is 5.34. The summed E-state index contributed by atoms with van der Waals surface area (Å²) in [7, 11) is 0. The fourth-order valence-corrected chi connectivity index (χ4v) is 2.11. The largest absolute Gasteiger partial charge is 0.339 e. The molecule has 0 bridgehead atoms. The Labute approximate surface area is 123 Å². The van der Waals surface area contributed by atoms with Crippen molar-refractivity contribution in [2.24, 2.45) is 0 Å². The summed E-state index contributed by atoms with van der Waals surface area (Å²) in [5.41, 5.74) is 2.10. The lowest BCUT2D eigenvalue weighted by atomic mass is 10.1. The molecule has 1 aromatic carbocycles. The Balaban J connectivity index is 1.66. The van der Waals surface area contributed by atoms with Gasteiger partial charge in [0.1, 0.15) is 0 Å². The van der Waals surface area contributed by atoms with Gasteiger partial charge < -0.3 is 4.52 Å². The molecule has 0 radical (unpaired) electrons. The normalized spacial score (nSPS) is 12.2. The molecule has 0 saturated heterocycles. The van der Waals surface area contributed by atoms with Gasteiger partial charge in [-0.1, -0.05) is 35.5 Å². The Hall–Kier alpha value is -2.56. The van der Waals surface area contributed by atoms with Crippen molar-refractivity contribution in [3.8, 4) is 0 Å². The third kappa shape index (κ3) is 3.31. The predicted octanol–water partition coefficient (Wildman–Crippen LogP) is 2.80. The Morgan fingerprint density at radius 3 is 2.71 bits per heavy atom. The fourth-order valence-electron chi connectivity index (χ4n) is 2.11. The highest BCUT2D eigenvalue weighted by Gasteiger charge is 2.17. The average Bonchev–Trinajstić information content (AvgIpc) is 3.03. The summed E-state index contributed by atoms with van der Waals surface area (Å²) in [4.78, 5) is 12.8. The number of rotatable bonds is 5. The molecule has 3 rings (SSSR count). The molecule has 106 valence electrons. The van der Waals surface area contributed by atoms with Crippen molar-refractivity contribution in [1.82, 2.24) is 20.1 Å². The standard InChI is InChI=1S/C16H16N4O/c1-12(14-11-17-9-10-18-14)16-19-15(20-21-16)8-7-13-5-3-2-4-6-13/h2-6,9-12H,7-8H2,1H3. The van der Waals surface area contributed by atoms with Crippen molar-refractivity contribution in [1.29, 1.82) is 0 Å². The van der Waals surface area contributed by atoms with Gasteiger partial charge in [0.15, 0.2) is 5.82 Å². The van der Waals surface area contributed by atoms with Crippen LogP contribution in [0.1, 0.15) is 35.8 Å². The number of nitrogens with zero attached hydrogens (tertiary/aromatic N) is 4. The van der Waals surface area contributed by atoms with Gasteiger partial charge in [0.05, 0.1) is 11.6 Å². The van der Waals surface area contributed by atoms with Crippen molar-refractivity contribution in [2.75, 3.05) is 0 Å². The topological polar surface area (TPSA) is 64.7 Å². The van der Waals surface area contributed by atoms with E-state index < -0.39 is 0 Å². The Kier molecular flexibility index (Phi) is 4.00. The van der Waals surface area contributed by atoms with Gasteiger partial charge in [-0.2, -0.15) is 4.98 Å². The van der Waals surface area contributed by atoms with Gasteiger partial charge in [0, 0.05) is 25.0 Å². The van der Waals surface area contributed by atoms with E-state index in [4.69, 9.17) is 4.52 Å². The average molecular weight is 280 g/mol. The maximum Gasteiger partial charge on any atom is 0.235 e. The molecule has 0 amide bonds. The number of hydrogen-bond donors (Lipinski definition) is 0. The summed E-state index contributed by atoms with van der Waals surface area (Å²) in [5, 5.41) is 4.04. The molecule has 2 heterocycles. The minimum atomic E-state index is -0.0447. The minimum Gasteiger partial charge on any atom is -0.339 e. The number of benzene rings is 1. The highest BCUT2D eigenvalue weighted by Crippen LogP contribution is 2.19. The monoisotopic (exact) mass is 280 g/mol. The van der Waals surface area contributed by atoms with E-state index in [0.717, 1.165) is 24.4 Å². The Morgan fingerprint density at radius 2 is 1.95 bits per heavy atom. The summed E-state index contributed by atoms with van der Waals surface area (Å²) in [6.45, 7) is 1.98. The lowest BCUT2D eigenvalue weighted by molar-refractivity contribution is 0.364. The SMILES string of the molecule is CC(c1cnccn1)c1nc(CCc2ccccc2)no1. The Bertz CT molecular complexity index is 682. The lowest BCUT2D eigenvalue weighted by Crippen LogP contribution is -2.00. The number of aromatic nitrogens is 4. The van der Waals surface area contributed by atoms with Crippen LogP contribution in [-0.2, 0) is 12.8 Å². The van der Waals surface area contributed by atoms with Crippen LogP contribution in [0.25, 0.3) is 0 Å². The van der Waals surface area contributed by atoms with Crippen molar-refractivity contribution in [3.63, 3.8) is 0 Å². The number of aryl methyl sites for hydroxylation is 2. The van der Waals surface area contributed by atoms with E-state index in [0.29, 0.717) is 5.89 Å². The minimum absolute atomic E-state index is 0.0447. The molecule has 5 nitrogen and oxygen atoms in total. The maximum atomic E-state index is 5.34.